The van der Waals surface area contributed by atoms with E-state index in [9.17, 15) is 19.2 Å². The molecule has 0 spiro atoms. The van der Waals surface area contributed by atoms with E-state index in [0.717, 1.165) is 0 Å². The van der Waals surface area contributed by atoms with Crippen molar-refractivity contribution in [3.8, 4) is 0 Å². The number of aliphatic carboxylic acids is 3. The number of rotatable bonds is 6. The molecular weight excluding hydrogens is 251 g/mol. The van der Waals surface area contributed by atoms with Crippen LogP contribution in [0.4, 0.5) is 4.79 Å². The van der Waals surface area contributed by atoms with E-state index in [1.165, 1.54) is 0 Å². The maximum absolute atomic E-state index is 10.7. The fraction of sp³-hybridized carbons (Fsp3) is 0.429. The SMILES string of the molecule is O=C(O)CC(CC(=O)O)(OC(=O)O)C(=O)O.[NaH]. The average molecular weight is 260 g/mol. The summed E-state index contributed by atoms with van der Waals surface area (Å²) in [6.45, 7) is 0. The quantitative estimate of drug-likeness (QED) is 0.340. The van der Waals surface area contributed by atoms with Crippen molar-refractivity contribution in [1.82, 2.24) is 0 Å². The molecular formula is C7H9NaO9. The molecule has 17 heavy (non-hydrogen) atoms. The fourth-order valence-electron chi connectivity index (χ4n) is 0.985. The molecule has 0 atom stereocenters. The van der Waals surface area contributed by atoms with E-state index in [1.807, 2.05) is 0 Å². The zero-order valence-electron chi connectivity index (χ0n) is 7.74. The van der Waals surface area contributed by atoms with Crippen LogP contribution in [0, 0.1) is 0 Å². The molecule has 92 valence electrons. The second-order valence-corrected chi connectivity index (χ2v) is 2.81. The Morgan fingerprint density at radius 2 is 1.24 bits per heavy atom. The first-order valence-electron chi connectivity index (χ1n) is 3.78. The Morgan fingerprint density at radius 1 is 0.882 bits per heavy atom. The predicted molar refractivity (Wildman–Crippen MR) is 51.1 cm³/mol. The zero-order chi connectivity index (χ0) is 12.9. The molecule has 0 aliphatic rings. The Hall–Kier alpha value is -1.32. The van der Waals surface area contributed by atoms with Crippen LogP contribution in [0.15, 0.2) is 0 Å². The molecule has 0 aliphatic carbocycles. The van der Waals surface area contributed by atoms with Crippen molar-refractivity contribution in [1.29, 1.82) is 0 Å². The van der Waals surface area contributed by atoms with Crippen LogP contribution in [-0.2, 0) is 19.1 Å². The summed E-state index contributed by atoms with van der Waals surface area (Å²) in [4.78, 5) is 41.6. The molecule has 0 unspecified atom stereocenters. The summed E-state index contributed by atoms with van der Waals surface area (Å²) in [6, 6.07) is 0. The topological polar surface area (TPSA) is 158 Å². The van der Waals surface area contributed by atoms with Crippen molar-refractivity contribution < 1.29 is 44.3 Å². The summed E-state index contributed by atoms with van der Waals surface area (Å²) in [7, 11) is 0. The van der Waals surface area contributed by atoms with E-state index < -0.39 is 42.5 Å². The first kappa shape index (κ1) is 18.1. The van der Waals surface area contributed by atoms with Crippen molar-refractivity contribution in [3.05, 3.63) is 0 Å². The van der Waals surface area contributed by atoms with Crippen LogP contribution in [0.1, 0.15) is 12.8 Å². The molecule has 0 aromatic heterocycles. The van der Waals surface area contributed by atoms with Gasteiger partial charge in [-0.05, 0) is 0 Å². The first-order valence-corrected chi connectivity index (χ1v) is 3.78. The molecule has 0 heterocycles. The van der Waals surface area contributed by atoms with Gasteiger partial charge in [-0.3, -0.25) is 9.59 Å². The fourth-order valence-corrected chi connectivity index (χ4v) is 0.985. The molecule has 0 saturated heterocycles. The number of carboxylic acid groups (broad SMARTS) is 4. The molecule has 0 bridgehead atoms. The Balaban J connectivity index is 0. The van der Waals surface area contributed by atoms with Gasteiger partial charge in [0.2, 0.25) is 5.60 Å². The molecule has 0 rings (SSSR count). The third-order valence-corrected chi connectivity index (χ3v) is 1.55. The molecule has 0 aromatic rings. The molecule has 0 fully saturated rings. The summed E-state index contributed by atoms with van der Waals surface area (Å²) < 4.78 is 3.88. The molecule has 0 aromatic carbocycles. The van der Waals surface area contributed by atoms with Gasteiger partial charge >= 0.3 is 53.6 Å². The van der Waals surface area contributed by atoms with Gasteiger partial charge in [0.25, 0.3) is 0 Å². The third kappa shape index (κ3) is 6.09. The Labute approximate surface area is 116 Å². The number of ether oxygens (including phenoxy) is 1. The standard InChI is InChI=1S/C7H8O9.Na.H/c8-3(9)1-7(5(12)13,2-4(10)11)16-6(14)15;;/h1-2H2,(H,8,9)(H,10,11)(H,12,13)(H,14,15);;. The zero-order valence-corrected chi connectivity index (χ0v) is 7.74. The molecule has 0 radical (unpaired) electrons. The summed E-state index contributed by atoms with van der Waals surface area (Å²) >= 11 is 0. The van der Waals surface area contributed by atoms with E-state index in [0.29, 0.717) is 0 Å². The van der Waals surface area contributed by atoms with Crippen molar-refractivity contribution in [3.63, 3.8) is 0 Å². The van der Waals surface area contributed by atoms with Crippen LogP contribution in [0.2, 0.25) is 0 Å². The summed E-state index contributed by atoms with van der Waals surface area (Å²) in [5, 5.41) is 33.7. The number of carbonyl (C=O) groups is 4. The minimum absolute atomic E-state index is 0. The van der Waals surface area contributed by atoms with Gasteiger partial charge in [0.15, 0.2) is 0 Å². The second-order valence-electron chi connectivity index (χ2n) is 2.81. The molecule has 0 saturated carbocycles. The van der Waals surface area contributed by atoms with Crippen LogP contribution >= 0.6 is 0 Å². The predicted octanol–water partition coefficient (Wildman–Crippen LogP) is -1.19. The second kappa shape index (κ2) is 7.09. The van der Waals surface area contributed by atoms with Gasteiger partial charge in [0.05, 0.1) is 12.8 Å². The maximum atomic E-state index is 10.7. The number of carboxylic acids is 3. The van der Waals surface area contributed by atoms with Crippen molar-refractivity contribution in [2.24, 2.45) is 0 Å². The van der Waals surface area contributed by atoms with E-state index in [4.69, 9.17) is 20.4 Å². The molecule has 10 heteroatoms. The van der Waals surface area contributed by atoms with Gasteiger partial charge in [-0.25, -0.2) is 9.59 Å². The minimum atomic E-state index is -2.82. The molecule has 0 aliphatic heterocycles. The Morgan fingerprint density at radius 3 is 1.41 bits per heavy atom. The first-order chi connectivity index (χ1) is 7.19. The van der Waals surface area contributed by atoms with Crippen LogP contribution in [0.3, 0.4) is 0 Å². The van der Waals surface area contributed by atoms with Gasteiger partial charge in [-0.1, -0.05) is 0 Å². The summed E-state index contributed by atoms with van der Waals surface area (Å²) in [6.07, 6.45) is -4.62. The average Bonchev–Trinajstić information content (AvgIpc) is 1.98. The molecule has 0 amide bonds. The van der Waals surface area contributed by atoms with Crippen molar-refractivity contribution >= 4 is 53.6 Å². The number of hydrogen-bond acceptors (Lipinski definition) is 5. The third-order valence-electron chi connectivity index (χ3n) is 1.55. The van der Waals surface area contributed by atoms with Crippen LogP contribution in [0.25, 0.3) is 0 Å². The van der Waals surface area contributed by atoms with Crippen molar-refractivity contribution in [2.45, 2.75) is 18.4 Å². The Bertz CT molecular complexity index is 295. The van der Waals surface area contributed by atoms with E-state index in [1.54, 1.807) is 0 Å². The monoisotopic (exact) mass is 260 g/mol. The summed E-state index contributed by atoms with van der Waals surface area (Å²) in [5.74, 6) is -5.35. The van der Waals surface area contributed by atoms with Gasteiger partial charge in [-0.15, -0.1) is 0 Å². The normalized spacial score (nSPS) is 9.88. The van der Waals surface area contributed by atoms with Gasteiger partial charge in [0, 0.05) is 0 Å². The molecule has 9 nitrogen and oxygen atoms in total. The van der Waals surface area contributed by atoms with Crippen molar-refractivity contribution in [2.75, 3.05) is 0 Å². The van der Waals surface area contributed by atoms with Gasteiger partial charge in [-0.2, -0.15) is 0 Å². The molecule has 4 N–H and O–H groups in total. The van der Waals surface area contributed by atoms with Gasteiger partial charge in [0.1, 0.15) is 0 Å². The van der Waals surface area contributed by atoms with E-state index >= 15 is 0 Å². The van der Waals surface area contributed by atoms with E-state index in [2.05, 4.69) is 4.74 Å². The van der Waals surface area contributed by atoms with Crippen LogP contribution in [0.5, 0.6) is 0 Å². The summed E-state index contributed by atoms with van der Waals surface area (Å²) in [5.41, 5.74) is -2.82. The van der Waals surface area contributed by atoms with Gasteiger partial charge < -0.3 is 25.2 Å². The van der Waals surface area contributed by atoms with Crippen LogP contribution in [-0.4, -0.2) is 79.6 Å². The van der Waals surface area contributed by atoms with E-state index in [-0.39, 0.29) is 29.6 Å². The Kier molecular flexibility index (Phi) is 7.53. The van der Waals surface area contributed by atoms with Crippen LogP contribution < -0.4 is 0 Å². The number of hydrogen-bond donors (Lipinski definition) is 4.